The van der Waals surface area contributed by atoms with Crippen molar-refractivity contribution < 1.29 is 8.78 Å². The van der Waals surface area contributed by atoms with Crippen molar-refractivity contribution in [2.75, 3.05) is 32.7 Å². The number of likely N-dealkylation sites (tertiary alicyclic amines) is 1. The van der Waals surface area contributed by atoms with E-state index in [2.05, 4.69) is 57.7 Å². The number of halogens is 6. The summed E-state index contributed by atoms with van der Waals surface area (Å²) < 4.78 is 33.3. The van der Waals surface area contributed by atoms with Gasteiger partial charge in [0, 0.05) is 33.7 Å². The van der Waals surface area contributed by atoms with Crippen molar-refractivity contribution in [1.82, 2.24) is 59.8 Å². The molecular weight excluding hydrogens is 852 g/mol. The predicted octanol–water partition coefficient (Wildman–Crippen LogP) is 8.93. The zero-order valence-corrected chi connectivity index (χ0v) is 36.5. The number of hydrogen-bond donors (Lipinski definition) is 1. The topological polar surface area (TPSA) is 127 Å². The van der Waals surface area contributed by atoms with Gasteiger partial charge in [0.25, 0.3) is 0 Å². The van der Waals surface area contributed by atoms with Crippen LogP contribution in [0.1, 0.15) is 67.2 Å². The summed E-state index contributed by atoms with van der Waals surface area (Å²) in [5.41, 5.74) is 8.90. The second kappa shape index (κ2) is 19.8. The van der Waals surface area contributed by atoms with Crippen LogP contribution in [0.4, 0.5) is 8.78 Å². The molecule has 2 aromatic carbocycles. The molecule has 0 saturated carbocycles. The molecule has 8 aromatic rings. The van der Waals surface area contributed by atoms with E-state index in [1.54, 1.807) is 9.03 Å². The molecule has 0 unspecified atom stereocenters. The number of piperidine rings is 2. The van der Waals surface area contributed by atoms with Crippen LogP contribution in [0.25, 0.3) is 55.6 Å². The van der Waals surface area contributed by atoms with Crippen molar-refractivity contribution in [3.63, 3.8) is 0 Å². The van der Waals surface area contributed by atoms with Crippen LogP contribution in [0, 0.1) is 25.5 Å². The summed E-state index contributed by atoms with van der Waals surface area (Å²) in [6.45, 7) is 11.1. The molecule has 6 aromatic heterocycles. The number of nitrogens with zero attached hydrogens (tertiary/aromatic N) is 11. The predicted molar refractivity (Wildman–Crippen MR) is 240 cm³/mol. The molecule has 10 rings (SSSR count). The first-order chi connectivity index (χ1) is 27.3. The maximum atomic E-state index is 15.0. The van der Waals surface area contributed by atoms with Crippen LogP contribution in [0.5, 0.6) is 0 Å². The Balaban J connectivity index is 0.000000214. The number of rotatable bonds is 5. The minimum atomic E-state index is -0.295. The van der Waals surface area contributed by atoms with Gasteiger partial charge >= 0.3 is 0 Å². The van der Waals surface area contributed by atoms with Gasteiger partial charge in [-0.3, -0.25) is 0 Å². The molecule has 0 amide bonds. The third-order valence-corrected chi connectivity index (χ3v) is 11.0. The maximum absolute atomic E-state index is 15.0. The van der Waals surface area contributed by atoms with Crippen molar-refractivity contribution in [2.24, 2.45) is 0 Å². The Bertz CT molecular complexity index is 2730. The molecule has 2 saturated heterocycles. The third kappa shape index (κ3) is 9.59. The van der Waals surface area contributed by atoms with Gasteiger partial charge in [-0.15, -0.1) is 49.6 Å². The maximum Gasteiger partial charge on any atom is 0.153 e. The lowest BCUT2D eigenvalue weighted by molar-refractivity contribution is 0.220. The fourth-order valence-electron chi connectivity index (χ4n) is 7.90. The number of aromatic nitrogens is 10. The molecule has 60 heavy (non-hydrogen) atoms. The summed E-state index contributed by atoms with van der Waals surface area (Å²) >= 11 is 0. The zero-order chi connectivity index (χ0) is 38.3. The van der Waals surface area contributed by atoms with Gasteiger partial charge in [-0.1, -0.05) is 6.92 Å². The lowest BCUT2D eigenvalue weighted by Gasteiger charge is -2.30. The molecule has 18 heteroatoms. The first-order valence-electron chi connectivity index (χ1n) is 19.3. The number of hydrogen-bond acceptors (Lipinski definition) is 10. The van der Waals surface area contributed by atoms with E-state index in [1.165, 1.54) is 12.1 Å². The Morgan fingerprint density at radius 2 is 1.05 bits per heavy atom. The van der Waals surface area contributed by atoms with Gasteiger partial charge in [0.15, 0.2) is 11.3 Å². The molecule has 0 atom stereocenters. The number of fused-ring (bicyclic) bond motifs is 4. The van der Waals surface area contributed by atoms with E-state index in [4.69, 9.17) is 0 Å². The first kappa shape index (κ1) is 46.4. The minimum Gasteiger partial charge on any atom is -0.317 e. The molecule has 0 spiro atoms. The second-order valence-corrected chi connectivity index (χ2v) is 14.9. The molecule has 2 fully saturated rings. The second-order valence-electron chi connectivity index (χ2n) is 14.9. The van der Waals surface area contributed by atoms with Gasteiger partial charge in [0.05, 0.1) is 57.6 Å². The van der Waals surface area contributed by atoms with Crippen molar-refractivity contribution in [3.05, 3.63) is 107 Å². The summed E-state index contributed by atoms with van der Waals surface area (Å²) in [4.78, 5) is 11.2. The SMILES string of the molecule is CCN1CCC(c2cc3c(F)cc(-c4ccc5nc(C)cn5n4)cc3nn2)CC1.Cc1cn2nc(-c3cc(F)c4cc(C5CCNCC5)nnc4c3)ccc2n1.Cl.Cl.Cl.Cl. The average Bonchev–Trinajstić information content (AvgIpc) is 3.80. The van der Waals surface area contributed by atoms with E-state index < -0.39 is 0 Å². The Morgan fingerprint density at radius 3 is 1.50 bits per heavy atom. The molecular formula is C42H46Cl4F2N12. The van der Waals surface area contributed by atoms with E-state index in [0.29, 0.717) is 56.2 Å². The fraction of sp³-hybridized carbons (Fsp3) is 0.333. The minimum absolute atomic E-state index is 0. The van der Waals surface area contributed by atoms with E-state index in [0.717, 1.165) is 92.5 Å². The highest BCUT2D eigenvalue weighted by Gasteiger charge is 2.23. The Kier molecular flexibility index (Phi) is 15.3. The highest BCUT2D eigenvalue weighted by molar-refractivity contribution is 5.86. The third-order valence-electron chi connectivity index (χ3n) is 11.0. The van der Waals surface area contributed by atoms with Gasteiger partial charge in [-0.2, -0.15) is 30.6 Å². The first-order valence-corrected chi connectivity index (χ1v) is 19.3. The summed E-state index contributed by atoms with van der Waals surface area (Å²) in [6, 6.07) is 17.9. The Labute approximate surface area is 370 Å². The molecule has 2 aliphatic heterocycles. The Morgan fingerprint density at radius 1 is 0.600 bits per heavy atom. The van der Waals surface area contributed by atoms with Crippen LogP contribution in [0.2, 0.25) is 0 Å². The molecule has 0 bridgehead atoms. The van der Waals surface area contributed by atoms with Crippen molar-refractivity contribution in [2.45, 2.75) is 58.3 Å². The molecule has 316 valence electrons. The van der Waals surface area contributed by atoms with Crippen LogP contribution >= 0.6 is 49.6 Å². The smallest absolute Gasteiger partial charge is 0.153 e. The number of imidazole rings is 2. The van der Waals surface area contributed by atoms with Gasteiger partial charge in [0.2, 0.25) is 0 Å². The van der Waals surface area contributed by atoms with Crippen LogP contribution in [-0.2, 0) is 0 Å². The zero-order valence-electron chi connectivity index (χ0n) is 33.3. The molecule has 1 N–H and O–H groups in total. The van der Waals surface area contributed by atoms with Gasteiger partial charge in [-0.25, -0.2) is 27.8 Å². The van der Waals surface area contributed by atoms with Crippen LogP contribution < -0.4 is 5.32 Å². The number of aryl methyl sites for hydroxylation is 2. The van der Waals surface area contributed by atoms with Crippen molar-refractivity contribution >= 4 is 82.7 Å². The van der Waals surface area contributed by atoms with E-state index >= 15 is 0 Å². The molecule has 12 nitrogen and oxygen atoms in total. The van der Waals surface area contributed by atoms with Gasteiger partial charge in [0.1, 0.15) is 11.6 Å². The Hall–Kier alpha value is -4.70. The lowest BCUT2D eigenvalue weighted by Crippen LogP contribution is -2.32. The highest BCUT2D eigenvalue weighted by Crippen LogP contribution is 2.32. The standard InChI is InChI=1S/C22H23FN6.C20H19FN6.4ClH/c1-3-28-8-6-15(7-9-28)20-12-17-18(23)10-16(11-21(17)26-25-20)19-4-5-22-24-14(2)13-29(22)27-19;1-12-11-27-20(23-12)3-2-17(26-27)14-8-16(21)15-10-18(24-25-19(15)9-14)13-4-6-22-7-5-13;;;;/h4-5,10-13,15H,3,6-9H2,1-2H3;2-3,8-11,13,22H,4-7H2,1H3;4*1H. The monoisotopic (exact) mass is 896 g/mol. The summed E-state index contributed by atoms with van der Waals surface area (Å²) in [5, 5.41) is 31.0. The van der Waals surface area contributed by atoms with Crippen LogP contribution in [-0.4, -0.2) is 87.2 Å². The molecule has 0 radical (unpaired) electrons. The number of nitrogens with one attached hydrogen (secondary N) is 1. The largest absolute Gasteiger partial charge is 0.317 e. The number of benzene rings is 2. The molecule has 2 aliphatic rings. The molecule has 0 aliphatic carbocycles. The van der Waals surface area contributed by atoms with Crippen LogP contribution in [0.15, 0.2) is 73.1 Å². The van der Waals surface area contributed by atoms with Crippen molar-refractivity contribution in [3.8, 4) is 22.5 Å². The quantitative estimate of drug-likeness (QED) is 0.179. The summed E-state index contributed by atoms with van der Waals surface area (Å²) in [5.74, 6) is 0.109. The summed E-state index contributed by atoms with van der Waals surface area (Å²) in [7, 11) is 0. The highest BCUT2D eigenvalue weighted by atomic mass is 35.5. The van der Waals surface area contributed by atoms with Gasteiger partial charge in [-0.05, 0) is 133 Å². The summed E-state index contributed by atoms with van der Waals surface area (Å²) in [6.07, 6.45) is 7.81. The fourth-order valence-corrected chi connectivity index (χ4v) is 7.90. The van der Waals surface area contributed by atoms with E-state index in [1.807, 2.05) is 74.8 Å². The lowest BCUT2D eigenvalue weighted by atomic mass is 9.92. The van der Waals surface area contributed by atoms with Crippen molar-refractivity contribution in [1.29, 1.82) is 0 Å². The van der Waals surface area contributed by atoms with Crippen LogP contribution in [0.3, 0.4) is 0 Å². The van der Waals surface area contributed by atoms with E-state index in [-0.39, 0.29) is 61.3 Å². The van der Waals surface area contributed by atoms with E-state index in [9.17, 15) is 8.78 Å². The van der Waals surface area contributed by atoms with Gasteiger partial charge < -0.3 is 10.2 Å². The average molecular weight is 899 g/mol. The molecule has 8 heterocycles. The normalized spacial score (nSPS) is 14.8.